The standard InChI is InChI=1S/C16H30N2O2S/c1-16(2,3)20-15(19)18-8-4-13(5-9-18)12-17-14-6-10-21-11-7-14/h13-14,17H,4-12H2,1-3H3. The highest BCUT2D eigenvalue weighted by Crippen LogP contribution is 2.21. The molecule has 0 saturated carbocycles. The van der Waals surface area contributed by atoms with Crippen LogP contribution in [0, 0.1) is 5.92 Å². The SMILES string of the molecule is CC(C)(C)OC(=O)N1CCC(CNC2CCSCC2)CC1. The lowest BCUT2D eigenvalue weighted by Crippen LogP contribution is -2.44. The minimum atomic E-state index is -0.394. The van der Waals surface area contributed by atoms with Crippen LogP contribution in [0.3, 0.4) is 0 Å². The molecule has 0 atom stereocenters. The second-order valence-corrected chi connectivity index (χ2v) is 8.43. The number of nitrogens with zero attached hydrogens (tertiary/aromatic N) is 1. The van der Waals surface area contributed by atoms with Crippen LogP contribution in [0.4, 0.5) is 4.79 Å². The predicted molar refractivity (Wildman–Crippen MR) is 88.9 cm³/mol. The van der Waals surface area contributed by atoms with Crippen LogP contribution in [0.2, 0.25) is 0 Å². The largest absolute Gasteiger partial charge is 0.444 e. The molecule has 21 heavy (non-hydrogen) atoms. The number of nitrogens with one attached hydrogen (secondary N) is 1. The summed E-state index contributed by atoms with van der Waals surface area (Å²) in [7, 11) is 0. The summed E-state index contributed by atoms with van der Waals surface area (Å²) >= 11 is 2.07. The van der Waals surface area contributed by atoms with Crippen molar-refractivity contribution < 1.29 is 9.53 Å². The Kier molecular flexibility index (Phi) is 6.23. The Morgan fingerprint density at radius 1 is 1.19 bits per heavy atom. The molecule has 2 aliphatic heterocycles. The van der Waals surface area contributed by atoms with E-state index in [1.807, 2.05) is 25.7 Å². The fourth-order valence-corrected chi connectivity index (χ4v) is 3.99. The molecule has 2 heterocycles. The van der Waals surface area contributed by atoms with Gasteiger partial charge in [0.15, 0.2) is 0 Å². The van der Waals surface area contributed by atoms with Crippen LogP contribution in [-0.4, -0.2) is 53.8 Å². The van der Waals surface area contributed by atoms with Gasteiger partial charge >= 0.3 is 6.09 Å². The van der Waals surface area contributed by atoms with Crippen molar-refractivity contribution in [1.29, 1.82) is 0 Å². The first kappa shape index (κ1) is 16.9. The number of likely N-dealkylation sites (tertiary alicyclic amines) is 1. The number of ether oxygens (including phenoxy) is 1. The Balaban J connectivity index is 1.64. The van der Waals surface area contributed by atoms with Gasteiger partial charge in [-0.05, 0) is 70.4 Å². The summed E-state index contributed by atoms with van der Waals surface area (Å²) in [6.45, 7) is 8.54. The average molecular weight is 314 g/mol. The highest BCUT2D eigenvalue weighted by atomic mass is 32.2. The third-order valence-electron chi connectivity index (χ3n) is 4.18. The summed E-state index contributed by atoms with van der Waals surface area (Å²) in [5.41, 5.74) is -0.394. The summed E-state index contributed by atoms with van der Waals surface area (Å²) in [4.78, 5) is 13.9. The number of piperidine rings is 1. The molecular formula is C16H30N2O2S. The fourth-order valence-electron chi connectivity index (χ4n) is 2.88. The highest BCUT2D eigenvalue weighted by Gasteiger charge is 2.27. The quantitative estimate of drug-likeness (QED) is 0.869. The van der Waals surface area contributed by atoms with Gasteiger partial charge in [0, 0.05) is 19.1 Å². The van der Waals surface area contributed by atoms with Gasteiger partial charge in [-0.1, -0.05) is 0 Å². The van der Waals surface area contributed by atoms with Gasteiger partial charge in [0.25, 0.3) is 0 Å². The predicted octanol–water partition coefficient (Wildman–Crippen LogP) is 3.12. The highest BCUT2D eigenvalue weighted by molar-refractivity contribution is 7.99. The summed E-state index contributed by atoms with van der Waals surface area (Å²) in [6, 6.07) is 0.718. The second kappa shape index (κ2) is 7.73. The first-order chi connectivity index (χ1) is 9.94. The number of amides is 1. The monoisotopic (exact) mass is 314 g/mol. The Labute approximate surface area is 133 Å². The first-order valence-corrected chi connectivity index (χ1v) is 9.38. The molecule has 0 radical (unpaired) electrons. The van der Waals surface area contributed by atoms with Crippen LogP contribution in [0.1, 0.15) is 46.5 Å². The van der Waals surface area contributed by atoms with Crippen LogP contribution in [0.15, 0.2) is 0 Å². The molecule has 2 rings (SSSR count). The average Bonchev–Trinajstić information content (AvgIpc) is 2.45. The van der Waals surface area contributed by atoms with Crippen LogP contribution >= 0.6 is 11.8 Å². The normalized spacial score (nSPS) is 22.3. The van der Waals surface area contributed by atoms with Crippen molar-refractivity contribution in [1.82, 2.24) is 10.2 Å². The number of rotatable bonds is 3. The molecule has 2 aliphatic rings. The second-order valence-electron chi connectivity index (χ2n) is 7.21. The van der Waals surface area contributed by atoms with Gasteiger partial charge in [-0.2, -0.15) is 11.8 Å². The van der Waals surface area contributed by atoms with Crippen molar-refractivity contribution in [2.75, 3.05) is 31.1 Å². The molecule has 1 amide bonds. The van der Waals surface area contributed by atoms with E-state index < -0.39 is 5.60 Å². The van der Waals surface area contributed by atoms with Gasteiger partial charge in [0.05, 0.1) is 0 Å². The van der Waals surface area contributed by atoms with E-state index in [0.717, 1.165) is 38.5 Å². The summed E-state index contributed by atoms with van der Waals surface area (Å²) in [5.74, 6) is 3.31. The van der Waals surface area contributed by atoms with Gasteiger partial charge in [0.1, 0.15) is 5.60 Å². The van der Waals surface area contributed by atoms with Gasteiger partial charge < -0.3 is 15.0 Å². The molecule has 5 heteroatoms. The zero-order chi connectivity index (χ0) is 15.3. The van der Waals surface area contributed by atoms with Gasteiger partial charge in [-0.3, -0.25) is 0 Å². The van der Waals surface area contributed by atoms with E-state index in [4.69, 9.17) is 4.74 Å². The van der Waals surface area contributed by atoms with Gasteiger partial charge in [-0.25, -0.2) is 4.79 Å². The van der Waals surface area contributed by atoms with E-state index in [2.05, 4.69) is 17.1 Å². The lowest BCUT2D eigenvalue weighted by molar-refractivity contribution is 0.0183. The minimum Gasteiger partial charge on any atom is -0.444 e. The van der Waals surface area contributed by atoms with Crippen molar-refractivity contribution in [3.05, 3.63) is 0 Å². The molecule has 2 fully saturated rings. The summed E-state index contributed by atoms with van der Waals surface area (Å²) in [6.07, 6.45) is 4.64. The van der Waals surface area contributed by atoms with Gasteiger partial charge in [-0.15, -0.1) is 0 Å². The molecule has 0 aliphatic carbocycles. The molecule has 0 spiro atoms. The third-order valence-corrected chi connectivity index (χ3v) is 5.23. The Hall–Kier alpha value is -0.420. The van der Waals surface area contributed by atoms with Crippen molar-refractivity contribution in [3.8, 4) is 0 Å². The van der Waals surface area contributed by atoms with Gasteiger partial charge in [0.2, 0.25) is 0 Å². The fraction of sp³-hybridized carbons (Fsp3) is 0.938. The summed E-state index contributed by atoms with van der Waals surface area (Å²) < 4.78 is 5.44. The zero-order valence-corrected chi connectivity index (χ0v) is 14.5. The van der Waals surface area contributed by atoms with Crippen LogP contribution in [0.5, 0.6) is 0 Å². The van der Waals surface area contributed by atoms with Crippen molar-refractivity contribution in [3.63, 3.8) is 0 Å². The number of hydrogen-bond donors (Lipinski definition) is 1. The molecule has 2 saturated heterocycles. The van der Waals surface area contributed by atoms with Crippen LogP contribution < -0.4 is 5.32 Å². The number of hydrogen-bond acceptors (Lipinski definition) is 4. The number of carbonyl (C=O) groups is 1. The molecule has 0 unspecified atom stereocenters. The van der Waals surface area contributed by atoms with Crippen molar-refractivity contribution >= 4 is 17.9 Å². The minimum absolute atomic E-state index is 0.154. The third kappa shape index (κ3) is 6.07. The molecule has 1 N–H and O–H groups in total. The van der Waals surface area contributed by atoms with E-state index in [1.54, 1.807) is 0 Å². The van der Waals surface area contributed by atoms with Crippen LogP contribution in [0.25, 0.3) is 0 Å². The molecule has 0 aromatic heterocycles. The molecule has 0 aromatic rings. The van der Waals surface area contributed by atoms with Crippen molar-refractivity contribution in [2.24, 2.45) is 5.92 Å². The number of carbonyl (C=O) groups excluding carboxylic acids is 1. The molecule has 0 aromatic carbocycles. The first-order valence-electron chi connectivity index (χ1n) is 8.23. The van der Waals surface area contributed by atoms with E-state index in [1.165, 1.54) is 24.3 Å². The smallest absolute Gasteiger partial charge is 0.410 e. The van der Waals surface area contributed by atoms with E-state index in [0.29, 0.717) is 5.92 Å². The lowest BCUT2D eigenvalue weighted by Gasteiger charge is -2.34. The Bertz CT molecular complexity index is 330. The maximum absolute atomic E-state index is 12.0. The van der Waals surface area contributed by atoms with E-state index in [-0.39, 0.29) is 6.09 Å². The molecule has 0 bridgehead atoms. The van der Waals surface area contributed by atoms with E-state index >= 15 is 0 Å². The lowest BCUT2D eigenvalue weighted by atomic mass is 9.96. The van der Waals surface area contributed by atoms with Crippen LogP contribution in [-0.2, 0) is 4.74 Å². The van der Waals surface area contributed by atoms with E-state index in [9.17, 15) is 4.79 Å². The molecular weight excluding hydrogens is 284 g/mol. The zero-order valence-electron chi connectivity index (χ0n) is 13.7. The van der Waals surface area contributed by atoms with Crippen molar-refractivity contribution in [2.45, 2.75) is 58.1 Å². The Morgan fingerprint density at radius 3 is 2.38 bits per heavy atom. The molecule has 4 nitrogen and oxygen atoms in total. The molecule has 122 valence electrons. The maximum atomic E-state index is 12.0. The number of thioether (sulfide) groups is 1. The Morgan fingerprint density at radius 2 is 1.81 bits per heavy atom. The topological polar surface area (TPSA) is 41.6 Å². The maximum Gasteiger partial charge on any atom is 0.410 e. The summed E-state index contributed by atoms with van der Waals surface area (Å²) in [5, 5.41) is 3.73.